The van der Waals surface area contributed by atoms with Gasteiger partial charge in [0.25, 0.3) is 17.4 Å². The number of benzene rings is 1. The molecule has 22 heavy (non-hydrogen) atoms. The van der Waals surface area contributed by atoms with Gasteiger partial charge in [0.1, 0.15) is 5.75 Å². The predicted octanol–water partition coefficient (Wildman–Crippen LogP) is 2.53. The molecule has 2 N–H and O–H groups in total. The van der Waals surface area contributed by atoms with Gasteiger partial charge in [-0.1, -0.05) is 25.3 Å². The molecule has 2 aliphatic rings. The molecule has 1 aliphatic heterocycles. The third-order valence-electron chi connectivity index (χ3n) is 4.50. The smallest absolute Gasteiger partial charge is 0.278 e. The molecule has 0 radical (unpaired) electrons. The lowest BCUT2D eigenvalue weighted by Gasteiger charge is -2.35. The molecule has 1 aromatic rings. The van der Waals surface area contributed by atoms with Crippen molar-refractivity contribution in [1.29, 1.82) is 0 Å². The van der Waals surface area contributed by atoms with Crippen molar-refractivity contribution in [2.24, 2.45) is 0 Å². The maximum atomic E-state index is 12.6. The highest BCUT2D eigenvalue weighted by molar-refractivity contribution is 6.15. The standard InChI is InChI=1S/C17H22N2O3/c1-11-8-9-14-13(10-11)19-16(21)17(2,22-14)15(20)18-12-6-4-3-5-7-12/h8-10,12H,3-7H2,1-2H3,(H,18,20)(H,19,21). The molecule has 1 heterocycles. The SMILES string of the molecule is Cc1ccc2c(c1)NC(=O)C(C)(C(=O)NC1CCCCC1)O2. The van der Waals surface area contributed by atoms with Crippen LogP contribution in [0.3, 0.4) is 0 Å². The fourth-order valence-electron chi connectivity index (χ4n) is 3.06. The number of nitrogens with one attached hydrogen (secondary N) is 2. The van der Waals surface area contributed by atoms with Crippen LogP contribution in [0.25, 0.3) is 0 Å². The number of hydrogen-bond donors (Lipinski definition) is 2. The molecule has 5 nitrogen and oxygen atoms in total. The molecule has 118 valence electrons. The highest BCUT2D eigenvalue weighted by atomic mass is 16.5. The number of anilines is 1. The molecule has 0 spiro atoms. The van der Waals surface area contributed by atoms with Crippen LogP contribution in [0.5, 0.6) is 5.75 Å². The lowest BCUT2D eigenvalue weighted by molar-refractivity contribution is -0.147. The summed E-state index contributed by atoms with van der Waals surface area (Å²) in [6.07, 6.45) is 5.40. The fourth-order valence-corrected chi connectivity index (χ4v) is 3.06. The number of ether oxygens (including phenoxy) is 1. The lowest BCUT2D eigenvalue weighted by Crippen LogP contribution is -2.60. The van der Waals surface area contributed by atoms with Crippen molar-refractivity contribution < 1.29 is 14.3 Å². The number of carbonyl (C=O) groups excluding carboxylic acids is 2. The predicted molar refractivity (Wildman–Crippen MR) is 83.9 cm³/mol. The first-order chi connectivity index (χ1) is 10.5. The van der Waals surface area contributed by atoms with E-state index in [0.717, 1.165) is 31.2 Å². The summed E-state index contributed by atoms with van der Waals surface area (Å²) < 4.78 is 5.77. The molecule has 1 fully saturated rings. The van der Waals surface area contributed by atoms with Gasteiger partial charge in [0, 0.05) is 6.04 Å². The minimum atomic E-state index is -1.51. The molecule has 0 saturated heterocycles. The van der Waals surface area contributed by atoms with E-state index in [2.05, 4.69) is 10.6 Å². The highest BCUT2D eigenvalue weighted by Gasteiger charge is 2.47. The molecule has 5 heteroatoms. The van der Waals surface area contributed by atoms with E-state index in [1.54, 1.807) is 6.07 Å². The van der Waals surface area contributed by atoms with Crippen LogP contribution in [-0.4, -0.2) is 23.5 Å². The van der Waals surface area contributed by atoms with Gasteiger partial charge in [-0.2, -0.15) is 0 Å². The fraction of sp³-hybridized carbons (Fsp3) is 0.529. The number of fused-ring (bicyclic) bond motifs is 1. The largest absolute Gasteiger partial charge is 0.466 e. The maximum Gasteiger partial charge on any atom is 0.278 e. The average molecular weight is 302 g/mol. The number of hydrogen-bond acceptors (Lipinski definition) is 3. The monoisotopic (exact) mass is 302 g/mol. The second-order valence-corrected chi connectivity index (χ2v) is 6.40. The molecule has 1 unspecified atom stereocenters. The van der Waals surface area contributed by atoms with Crippen LogP contribution in [0.2, 0.25) is 0 Å². The molecule has 1 aromatic carbocycles. The summed E-state index contributed by atoms with van der Waals surface area (Å²) in [7, 11) is 0. The summed E-state index contributed by atoms with van der Waals surface area (Å²) in [6, 6.07) is 5.67. The van der Waals surface area contributed by atoms with Crippen molar-refractivity contribution >= 4 is 17.5 Å². The third-order valence-corrected chi connectivity index (χ3v) is 4.50. The molecule has 3 rings (SSSR count). The maximum absolute atomic E-state index is 12.6. The van der Waals surface area contributed by atoms with E-state index in [0.29, 0.717) is 11.4 Å². The minimum absolute atomic E-state index is 0.147. The van der Waals surface area contributed by atoms with E-state index in [1.807, 2.05) is 19.1 Å². The summed E-state index contributed by atoms with van der Waals surface area (Å²) in [5.41, 5.74) is 0.130. The summed E-state index contributed by atoms with van der Waals surface area (Å²) in [6.45, 7) is 3.47. The van der Waals surface area contributed by atoms with Crippen molar-refractivity contribution in [2.45, 2.75) is 57.6 Å². The number of amides is 2. The van der Waals surface area contributed by atoms with Gasteiger partial charge in [0.05, 0.1) is 5.69 Å². The van der Waals surface area contributed by atoms with Crippen LogP contribution in [0.4, 0.5) is 5.69 Å². The van der Waals surface area contributed by atoms with E-state index < -0.39 is 11.5 Å². The summed E-state index contributed by atoms with van der Waals surface area (Å²) >= 11 is 0. The zero-order valence-electron chi connectivity index (χ0n) is 13.1. The van der Waals surface area contributed by atoms with Gasteiger partial charge in [-0.3, -0.25) is 9.59 Å². The summed E-state index contributed by atoms with van der Waals surface area (Å²) in [4.78, 5) is 25.0. The third kappa shape index (κ3) is 2.67. The Balaban J connectivity index is 1.78. The second kappa shape index (κ2) is 5.63. The molecule has 1 saturated carbocycles. The van der Waals surface area contributed by atoms with Crippen LogP contribution < -0.4 is 15.4 Å². The highest BCUT2D eigenvalue weighted by Crippen LogP contribution is 2.34. The Labute approximate surface area is 130 Å². The molecule has 2 amide bonds. The van der Waals surface area contributed by atoms with Crippen LogP contribution in [0.15, 0.2) is 18.2 Å². The van der Waals surface area contributed by atoms with Crippen molar-refractivity contribution in [3.05, 3.63) is 23.8 Å². The summed E-state index contributed by atoms with van der Waals surface area (Å²) in [5.74, 6) is -0.242. The van der Waals surface area contributed by atoms with E-state index in [1.165, 1.54) is 13.3 Å². The van der Waals surface area contributed by atoms with E-state index in [9.17, 15) is 9.59 Å². The van der Waals surface area contributed by atoms with Crippen molar-refractivity contribution in [3.8, 4) is 5.75 Å². The second-order valence-electron chi connectivity index (χ2n) is 6.40. The van der Waals surface area contributed by atoms with Gasteiger partial charge in [0.2, 0.25) is 0 Å². The molecule has 0 bridgehead atoms. The van der Waals surface area contributed by atoms with Gasteiger partial charge in [-0.15, -0.1) is 0 Å². The topological polar surface area (TPSA) is 67.4 Å². The van der Waals surface area contributed by atoms with E-state index in [-0.39, 0.29) is 11.9 Å². The molecular formula is C17H22N2O3. The van der Waals surface area contributed by atoms with Gasteiger partial charge < -0.3 is 15.4 Å². The number of carbonyl (C=O) groups is 2. The Morgan fingerprint density at radius 3 is 2.77 bits per heavy atom. The van der Waals surface area contributed by atoms with Crippen LogP contribution in [-0.2, 0) is 9.59 Å². The van der Waals surface area contributed by atoms with Crippen molar-refractivity contribution in [1.82, 2.24) is 5.32 Å². The molecule has 0 aromatic heterocycles. The Morgan fingerprint density at radius 2 is 2.05 bits per heavy atom. The van der Waals surface area contributed by atoms with Crippen LogP contribution in [0, 0.1) is 6.92 Å². The van der Waals surface area contributed by atoms with E-state index >= 15 is 0 Å². The van der Waals surface area contributed by atoms with Crippen LogP contribution >= 0.6 is 0 Å². The van der Waals surface area contributed by atoms with Crippen molar-refractivity contribution in [3.63, 3.8) is 0 Å². The first kappa shape index (κ1) is 14.9. The van der Waals surface area contributed by atoms with Crippen LogP contribution in [0.1, 0.15) is 44.6 Å². The Kier molecular flexibility index (Phi) is 3.81. The molecule has 1 atom stereocenters. The number of rotatable bonds is 2. The first-order valence-electron chi connectivity index (χ1n) is 7.91. The van der Waals surface area contributed by atoms with Crippen molar-refractivity contribution in [2.75, 3.05) is 5.32 Å². The van der Waals surface area contributed by atoms with Gasteiger partial charge >= 0.3 is 0 Å². The van der Waals surface area contributed by atoms with E-state index in [4.69, 9.17) is 4.74 Å². The Morgan fingerprint density at radius 1 is 1.32 bits per heavy atom. The molecular weight excluding hydrogens is 280 g/mol. The summed E-state index contributed by atoms with van der Waals surface area (Å²) in [5, 5.41) is 5.76. The van der Waals surface area contributed by atoms with Gasteiger partial charge in [0.15, 0.2) is 0 Å². The zero-order valence-corrected chi connectivity index (χ0v) is 13.1. The molecule has 1 aliphatic carbocycles. The first-order valence-corrected chi connectivity index (χ1v) is 7.91. The average Bonchev–Trinajstić information content (AvgIpc) is 2.50. The Bertz CT molecular complexity index is 608. The quantitative estimate of drug-likeness (QED) is 0.825. The minimum Gasteiger partial charge on any atom is -0.466 e. The lowest BCUT2D eigenvalue weighted by atomic mass is 9.94. The van der Waals surface area contributed by atoms with Gasteiger partial charge in [-0.25, -0.2) is 0 Å². The normalized spacial score (nSPS) is 24.9. The van der Waals surface area contributed by atoms with Gasteiger partial charge in [-0.05, 0) is 44.4 Å². The number of aryl methyl sites for hydroxylation is 1. The zero-order chi connectivity index (χ0) is 15.7. The Hall–Kier alpha value is -2.04.